The second-order valence-corrected chi connectivity index (χ2v) is 5.31. The van der Waals surface area contributed by atoms with E-state index in [1.54, 1.807) is 0 Å². The van der Waals surface area contributed by atoms with E-state index in [1.165, 1.54) is 0 Å². The van der Waals surface area contributed by atoms with Gasteiger partial charge in [-0.15, -0.1) is 0 Å². The molecule has 0 unspecified atom stereocenters. The lowest BCUT2D eigenvalue weighted by molar-refractivity contribution is -0.115. The molecule has 0 fully saturated rings. The maximum absolute atomic E-state index is 10.5. The fourth-order valence-electron chi connectivity index (χ4n) is 1.16. The Morgan fingerprint density at radius 3 is 1.80 bits per heavy atom. The minimum absolute atomic E-state index is 0.0512. The van der Waals surface area contributed by atoms with E-state index in [4.69, 9.17) is 0 Å². The van der Waals surface area contributed by atoms with Crippen LogP contribution in [0.1, 0.15) is 34.1 Å². The van der Waals surface area contributed by atoms with Gasteiger partial charge in [0.05, 0.1) is 0 Å². The number of rotatable bonds is 3. The van der Waals surface area contributed by atoms with Crippen LogP contribution in [-0.4, -0.2) is 11.0 Å². The average molecular weight is 160 g/mol. The molecule has 0 aromatic rings. The summed E-state index contributed by atoms with van der Waals surface area (Å²) in [5.74, 6) is 0. The molecule has 1 nitrogen and oxygen atoms in total. The van der Waals surface area contributed by atoms with Crippen molar-refractivity contribution in [1.29, 1.82) is 0 Å². The Morgan fingerprint density at radius 1 is 1.30 bits per heavy atom. The van der Waals surface area contributed by atoms with Gasteiger partial charge in [0.15, 0.2) is 0 Å². The number of thiol groups is 1. The van der Waals surface area contributed by atoms with Crippen molar-refractivity contribution in [3.63, 3.8) is 0 Å². The van der Waals surface area contributed by atoms with Crippen LogP contribution in [0.15, 0.2) is 0 Å². The van der Waals surface area contributed by atoms with E-state index in [9.17, 15) is 4.79 Å². The van der Waals surface area contributed by atoms with Gasteiger partial charge in [0.1, 0.15) is 6.29 Å². The SMILES string of the molecule is CC(C)(S)CC(C)(C)C=O. The molecule has 0 atom stereocenters. The van der Waals surface area contributed by atoms with Gasteiger partial charge in [-0.3, -0.25) is 0 Å². The highest BCUT2D eigenvalue weighted by molar-refractivity contribution is 7.81. The van der Waals surface area contributed by atoms with Crippen LogP contribution in [0.5, 0.6) is 0 Å². The van der Waals surface area contributed by atoms with Gasteiger partial charge < -0.3 is 4.79 Å². The third kappa shape index (κ3) is 4.86. The highest BCUT2D eigenvalue weighted by atomic mass is 32.1. The summed E-state index contributed by atoms with van der Waals surface area (Å²) in [5.41, 5.74) is -0.231. The molecule has 0 aliphatic carbocycles. The molecule has 0 saturated carbocycles. The first-order chi connectivity index (χ1) is 4.27. The molecule has 0 heterocycles. The van der Waals surface area contributed by atoms with E-state index in [0.29, 0.717) is 0 Å². The molecule has 60 valence electrons. The number of hydrogen-bond donors (Lipinski definition) is 1. The normalized spacial score (nSPS) is 13.3. The standard InChI is InChI=1S/C8H16OS/c1-7(2,6-9)5-8(3,4)10/h6,10H,5H2,1-4H3. The Kier molecular flexibility index (Phi) is 2.96. The maximum atomic E-state index is 10.5. The first kappa shape index (κ1) is 10.0. The van der Waals surface area contributed by atoms with Crippen LogP contribution in [0.25, 0.3) is 0 Å². The van der Waals surface area contributed by atoms with E-state index < -0.39 is 0 Å². The summed E-state index contributed by atoms with van der Waals surface area (Å²) in [6.07, 6.45) is 1.80. The molecule has 0 aromatic carbocycles. The number of carbonyl (C=O) groups excluding carboxylic acids is 1. The maximum Gasteiger partial charge on any atom is 0.125 e. The zero-order valence-electron chi connectivity index (χ0n) is 7.14. The minimum Gasteiger partial charge on any atom is -0.303 e. The van der Waals surface area contributed by atoms with E-state index in [-0.39, 0.29) is 10.2 Å². The van der Waals surface area contributed by atoms with Crippen molar-refractivity contribution in [2.24, 2.45) is 5.41 Å². The largest absolute Gasteiger partial charge is 0.303 e. The molecule has 0 rings (SSSR count). The lowest BCUT2D eigenvalue weighted by atomic mass is 9.85. The number of carbonyl (C=O) groups is 1. The third-order valence-corrected chi connectivity index (χ3v) is 1.37. The lowest BCUT2D eigenvalue weighted by Gasteiger charge is -2.26. The molecule has 0 aromatic heterocycles. The van der Waals surface area contributed by atoms with Gasteiger partial charge >= 0.3 is 0 Å². The van der Waals surface area contributed by atoms with E-state index >= 15 is 0 Å². The van der Waals surface area contributed by atoms with Gasteiger partial charge in [-0.25, -0.2) is 0 Å². The predicted octanol–water partition coefficient (Wildman–Crippen LogP) is 2.31. The molecule has 0 bridgehead atoms. The zero-order valence-corrected chi connectivity index (χ0v) is 8.03. The second kappa shape index (κ2) is 2.95. The molecule has 0 amide bonds. The summed E-state index contributed by atoms with van der Waals surface area (Å²) >= 11 is 4.34. The Hall–Kier alpha value is 0.0200. The smallest absolute Gasteiger partial charge is 0.125 e. The molecular weight excluding hydrogens is 144 g/mol. The van der Waals surface area contributed by atoms with Crippen LogP contribution in [-0.2, 0) is 4.79 Å². The number of aldehydes is 1. The van der Waals surface area contributed by atoms with Gasteiger partial charge in [-0.2, -0.15) is 12.6 Å². The summed E-state index contributed by atoms with van der Waals surface area (Å²) in [7, 11) is 0. The third-order valence-electron chi connectivity index (χ3n) is 1.21. The Labute approximate surface area is 68.6 Å². The first-order valence-electron chi connectivity index (χ1n) is 3.46. The van der Waals surface area contributed by atoms with Crippen LogP contribution in [0, 0.1) is 5.41 Å². The molecule has 0 saturated heterocycles. The van der Waals surface area contributed by atoms with Crippen molar-refractivity contribution in [2.75, 3.05) is 0 Å². The van der Waals surface area contributed by atoms with Gasteiger partial charge in [0.25, 0.3) is 0 Å². The zero-order chi connectivity index (χ0) is 8.41. The average Bonchev–Trinajstić information content (AvgIpc) is 1.60. The lowest BCUT2D eigenvalue weighted by Crippen LogP contribution is -2.24. The van der Waals surface area contributed by atoms with Gasteiger partial charge in [0, 0.05) is 10.2 Å². The molecule has 10 heavy (non-hydrogen) atoms. The molecule has 0 N–H and O–H groups in total. The molecule has 0 radical (unpaired) electrons. The fourth-order valence-corrected chi connectivity index (χ4v) is 1.56. The van der Waals surface area contributed by atoms with Crippen molar-refractivity contribution in [1.82, 2.24) is 0 Å². The van der Waals surface area contributed by atoms with E-state index in [0.717, 1.165) is 12.7 Å². The van der Waals surface area contributed by atoms with Crippen molar-refractivity contribution in [3.05, 3.63) is 0 Å². The van der Waals surface area contributed by atoms with E-state index in [2.05, 4.69) is 12.6 Å². The van der Waals surface area contributed by atoms with Crippen LogP contribution >= 0.6 is 12.6 Å². The van der Waals surface area contributed by atoms with Crippen molar-refractivity contribution in [3.8, 4) is 0 Å². The van der Waals surface area contributed by atoms with Crippen LogP contribution in [0.3, 0.4) is 0 Å². The van der Waals surface area contributed by atoms with Gasteiger partial charge in [0.2, 0.25) is 0 Å². The Morgan fingerprint density at radius 2 is 1.70 bits per heavy atom. The van der Waals surface area contributed by atoms with Crippen molar-refractivity contribution >= 4 is 18.9 Å². The summed E-state index contributed by atoms with van der Waals surface area (Å²) in [6, 6.07) is 0. The second-order valence-electron chi connectivity index (χ2n) is 4.10. The van der Waals surface area contributed by atoms with Crippen LogP contribution in [0.4, 0.5) is 0 Å². The molecule has 2 heteroatoms. The first-order valence-corrected chi connectivity index (χ1v) is 3.90. The molecular formula is C8H16OS. The topological polar surface area (TPSA) is 17.1 Å². The Balaban J connectivity index is 4.01. The van der Waals surface area contributed by atoms with Crippen molar-refractivity contribution in [2.45, 2.75) is 38.9 Å². The fraction of sp³-hybridized carbons (Fsp3) is 0.875. The van der Waals surface area contributed by atoms with Gasteiger partial charge in [-0.1, -0.05) is 27.7 Å². The summed E-state index contributed by atoms with van der Waals surface area (Å²) < 4.78 is -0.0512. The quantitative estimate of drug-likeness (QED) is 0.495. The molecule has 0 aliphatic rings. The molecule has 0 aliphatic heterocycles. The highest BCUT2D eigenvalue weighted by Crippen LogP contribution is 2.29. The van der Waals surface area contributed by atoms with Crippen LogP contribution in [0.2, 0.25) is 0 Å². The highest BCUT2D eigenvalue weighted by Gasteiger charge is 2.25. The monoisotopic (exact) mass is 160 g/mol. The van der Waals surface area contributed by atoms with Gasteiger partial charge in [-0.05, 0) is 6.42 Å². The minimum atomic E-state index is -0.231. The Bertz CT molecular complexity index is 122. The van der Waals surface area contributed by atoms with Crippen molar-refractivity contribution < 1.29 is 4.79 Å². The predicted molar refractivity (Wildman–Crippen MR) is 47.5 cm³/mol. The van der Waals surface area contributed by atoms with E-state index in [1.807, 2.05) is 27.7 Å². The summed E-state index contributed by atoms with van der Waals surface area (Å²) in [5, 5.41) is 0. The summed E-state index contributed by atoms with van der Waals surface area (Å²) in [6.45, 7) is 7.89. The number of hydrogen-bond acceptors (Lipinski definition) is 2. The molecule has 0 spiro atoms. The van der Waals surface area contributed by atoms with Crippen LogP contribution < -0.4 is 0 Å². The summed E-state index contributed by atoms with van der Waals surface area (Å²) in [4.78, 5) is 10.5.